The number of benzene rings is 1. The fraction of sp³-hybridized carbons (Fsp3) is 0.562. The summed E-state index contributed by atoms with van der Waals surface area (Å²) in [6.45, 7) is 3.28. The van der Waals surface area contributed by atoms with E-state index in [9.17, 15) is 0 Å². The highest BCUT2D eigenvalue weighted by molar-refractivity contribution is 5.79. The van der Waals surface area contributed by atoms with Crippen molar-refractivity contribution >= 4 is 5.96 Å². The molecule has 3 nitrogen and oxygen atoms in total. The van der Waals surface area contributed by atoms with E-state index in [1.807, 2.05) is 7.05 Å². The number of hydrogen-bond acceptors (Lipinski definition) is 1. The number of aliphatic imine (C=N–C) groups is 1. The Kier molecular flexibility index (Phi) is 5.25. The van der Waals surface area contributed by atoms with Crippen molar-refractivity contribution in [3.63, 3.8) is 0 Å². The molecule has 0 amide bonds. The van der Waals surface area contributed by atoms with Crippen molar-refractivity contribution in [2.45, 2.75) is 38.6 Å². The Labute approximate surface area is 116 Å². The van der Waals surface area contributed by atoms with Gasteiger partial charge in [0.05, 0.1) is 0 Å². The van der Waals surface area contributed by atoms with Gasteiger partial charge in [0.2, 0.25) is 0 Å². The molecule has 2 N–H and O–H groups in total. The molecule has 0 heterocycles. The lowest BCUT2D eigenvalue weighted by atomic mass is 10.1. The SMILES string of the molecule is CN=C(NCC1CC1)NC(C)CCc1ccccc1. The minimum absolute atomic E-state index is 0.436. The molecule has 1 aromatic carbocycles. The fourth-order valence-electron chi connectivity index (χ4n) is 2.09. The van der Waals surface area contributed by atoms with Crippen LogP contribution < -0.4 is 10.6 Å². The van der Waals surface area contributed by atoms with Gasteiger partial charge < -0.3 is 10.6 Å². The molecule has 2 rings (SSSR count). The predicted molar refractivity (Wildman–Crippen MR) is 81.4 cm³/mol. The number of aryl methyl sites for hydroxylation is 1. The van der Waals surface area contributed by atoms with E-state index in [0.29, 0.717) is 6.04 Å². The quantitative estimate of drug-likeness (QED) is 0.608. The molecule has 0 saturated heterocycles. The van der Waals surface area contributed by atoms with Gasteiger partial charge in [0.25, 0.3) is 0 Å². The van der Waals surface area contributed by atoms with Crippen LogP contribution in [0, 0.1) is 5.92 Å². The first-order chi connectivity index (χ1) is 9.28. The van der Waals surface area contributed by atoms with Crippen LogP contribution >= 0.6 is 0 Å². The smallest absolute Gasteiger partial charge is 0.191 e. The Bertz CT molecular complexity index is 396. The summed E-state index contributed by atoms with van der Waals surface area (Å²) in [5.74, 6) is 1.81. The molecule has 1 saturated carbocycles. The fourth-order valence-corrected chi connectivity index (χ4v) is 2.09. The Morgan fingerprint density at radius 2 is 2.05 bits per heavy atom. The Morgan fingerprint density at radius 1 is 1.32 bits per heavy atom. The van der Waals surface area contributed by atoms with E-state index in [-0.39, 0.29) is 0 Å². The molecule has 0 aromatic heterocycles. The van der Waals surface area contributed by atoms with Gasteiger partial charge in [-0.05, 0) is 44.1 Å². The minimum Gasteiger partial charge on any atom is -0.356 e. The molecule has 0 bridgehead atoms. The first-order valence-electron chi connectivity index (χ1n) is 7.29. The van der Waals surface area contributed by atoms with Crippen molar-refractivity contribution in [2.75, 3.05) is 13.6 Å². The Hall–Kier alpha value is -1.51. The monoisotopic (exact) mass is 259 g/mol. The third-order valence-corrected chi connectivity index (χ3v) is 3.57. The van der Waals surface area contributed by atoms with Crippen LogP contribution in [-0.4, -0.2) is 25.6 Å². The van der Waals surface area contributed by atoms with Gasteiger partial charge in [-0.2, -0.15) is 0 Å². The summed E-state index contributed by atoms with van der Waals surface area (Å²) in [6, 6.07) is 11.1. The Morgan fingerprint density at radius 3 is 2.68 bits per heavy atom. The minimum atomic E-state index is 0.436. The molecule has 1 aliphatic carbocycles. The van der Waals surface area contributed by atoms with Crippen LogP contribution in [0.15, 0.2) is 35.3 Å². The average Bonchev–Trinajstić information content (AvgIpc) is 3.26. The van der Waals surface area contributed by atoms with E-state index in [2.05, 4.69) is 52.9 Å². The van der Waals surface area contributed by atoms with E-state index >= 15 is 0 Å². The second-order valence-electron chi connectivity index (χ2n) is 5.47. The Balaban J connectivity index is 1.68. The zero-order chi connectivity index (χ0) is 13.5. The van der Waals surface area contributed by atoms with Crippen molar-refractivity contribution in [2.24, 2.45) is 10.9 Å². The second kappa shape index (κ2) is 7.17. The summed E-state index contributed by atoms with van der Waals surface area (Å²) in [4.78, 5) is 4.28. The predicted octanol–water partition coefficient (Wildman–Crippen LogP) is 2.58. The van der Waals surface area contributed by atoms with Crippen LogP contribution in [0.4, 0.5) is 0 Å². The summed E-state index contributed by atoms with van der Waals surface area (Å²) in [7, 11) is 1.84. The number of nitrogens with zero attached hydrogens (tertiary/aromatic N) is 1. The zero-order valence-electron chi connectivity index (χ0n) is 12.0. The van der Waals surface area contributed by atoms with Crippen LogP contribution in [-0.2, 0) is 6.42 Å². The highest BCUT2D eigenvalue weighted by Gasteiger charge is 2.21. The summed E-state index contributed by atoms with van der Waals surface area (Å²) in [5.41, 5.74) is 1.40. The van der Waals surface area contributed by atoms with E-state index < -0.39 is 0 Å². The summed E-state index contributed by atoms with van der Waals surface area (Å²) >= 11 is 0. The largest absolute Gasteiger partial charge is 0.356 e. The highest BCUT2D eigenvalue weighted by Crippen LogP contribution is 2.27. The molecule has 0 spiro atoms. The van der Waals surface area contributed by atoms with Crippen molar-refractivity contribution in [3.8, 4) is 0 Å². The van der Waals surface area contributed by atoms with Crippen molar-refractivity contribution in [1.29, 1.82) is 0 Å². The van der Waals surface area contributed by atoms with Crippen LogP contribution in [0.5, 0.6) is 0 Å². The molecule has 1 fully saturated rings. The van der Waals surface area contributed by atoms with Crippen molar-refractivity contribution in [1.82, 2.24) is 10.6 Å². The highest BCUT2D eigenvalue weighted by atomic mass is 15.2. The van der Waals surface area contributed by atoms with Crippen LogP contribution in [0.1, 0.15) is 31.7 Å². The number of nitrogens with one attached hydrogen (secondary N) is 2. The van der Waals surface area contributed by atoms with Gasteiger partial charge in [0.1, 0.15) is 0 Å². The lowest BCUT2D eigenvalue weighted by Gasteiger charge is -2.17. The molecule has 1 aliphatic rings. The van der Waals surface area contributed by atoms with Gasteiger partial charge in [-0.3, -0.25) is 4.99 Å². The molecule has 1 unspecified atom stereocenters. The third kappa shape index (κ3) is 5.33. The average molecular weight is 259 g/mol. The zero-order valence-corrected chi connectivity index (χ0v) is 12.0. The summed E-state index contributed by atoms with van der Waals surface area (Å²) in [6.07, 6.45) is 4.96. The van der Waals surface area contributed by atoms with Gasteiger partial charge in [0.15, 0.2) is 5.96 Å². The molecule has 0 radical (unpaired) electrons. The van der Waals surface area contributed by atoms with Crippen molar-refractivity contribution < 1.29 is 0 Å². The van der Waals surface area contributed by atoms with E-state index in [0.717, 1.165) is 31.3 Å². The van der Waals surface area contributed by atoms with Gasteiger partial charge in [0, 0.05) is 19.6 Å². The second-order valence-corrected chi connectivity index (χ2v) is 5.47. The number of guanidine groups is 1. The third-order valence-electron chi connectivity index (χ3n) is 3.57. The standard InChI is InChI=1S/C16H25N3/c1-13(8-9-14-6-4-3-5-7-14)19-16(17-2)18-12-15-10-11-15/h3-7,13,15H,8-12H2,1-2H3,(H2,17,18,19). The van der Waals surface area contributed by atoms with E-state index in [4.69, 9.17) is 0 Å². The normalized spacial score (nSPS) is 17.1. The molecule has 3 heteroatoms. The van der Waals surface area contributed by atoms with Gasteiger partial charge in [-0.1, -0.05) is 30.3 Å². The van der Waals surface area contributed by atoms with Crippen LogP contribution in [0.3, 0.4) is 0 Å². The van der Waals surface area contributed by atoms with Crippen molar-refractivity contribution in [3.05, 3.63) is 35.9 Å². The molecule has 19 heavy (non-hydrogen) atoms. The van der Waals surface area contributed by atoms with Crippen LogP contribution in [0.25, 0.3) is 0 Å². The topological polar surface area (TPSA) is 36.4 Å². The molecular weight excluding hydrogens is 234 g/mol. The molecule has 1 atom stereocenters. The summed E-state index contributed by atoms with van der Waals surface area (Å²) in [5, 5.41) is 6.86. The first-order valence-corrected chi connectivity index (χ1v) is 7.29. The number of hydrogen-bond donors (Lipinski definition) is 2. The van der Waals surface area contributed by atoms with E-state index in [1.165, 1.54) is 18.4 Å². The molecule has 1 aromatic rings. The van der Waals surface area contributed by atoms with Gasteiger partial charge in [-0.25, -0.2) is 0 Å². The maximum atomic E-state index is 4.28. The summed E-state index contributed by atoms with van der Waals surface area (Å²) < 4.78 is 0. The lowest BCUT2D eigenvalue weighted by molar-refractivity contribution is 0.590. The van der Waals surface area contributed by atoms with E-state index in [1.54, 1.807) is 0 Å². The molecular formula is C16H25N3. The molecule has 104 valence electrons. The maximum Gasteiger partial charge on any atom is 0.191 e. The molecule has 0 aliphatic heterocycles. The van der Waals surface area contributed by atoms with Crippen LogP contribution in [0.2, 0.25) is 0 Å². The lowest BCUT2D eigenvalue weighted by Crippen LogP contribution is -2.43. The van der Waals surface area contributed by atoms with Gasteiger partial charge >= 0.3 is 0 Å². The van der Waals surface area contributed by atoms with Gasteiger partial charge in [-0.15, -0.1) is 0 Å². The maximum absolute atomic E-state index is 4.28. The number of rotatable bonds is 6. The first kappa shape index (κ1) is 13.9.